The Hall–Kier alpha value is -1.30. The normalized spacial score (nSPS) is 18.9. The summed E-state index contributed by atoms with van der Waals surface area (Å²) in [5, 5.41) is 13.3. The van der Waals surface area contributed by atoms with Gasteiger partial charge in [-0.25, -0.2) is 4.98 Å². The maximum absolute atomic E-state index is 10.6. The molecule has 1 aliphatic rings. The van der Waals surface area contributed by atoms with Crippen molar-refractivity contribution in [3.63, 3.8) is 0 Å². The van der Waals surface area contributed by atoms with E-state index in [4.69, 9.17) is 34.8 Å². The molecule has 0 spiro atoms. The smallest absolute Gasteiger partial charge is 0.137 e. The van der Waals surface area contributed by atoms with E-state index in [0.29, 0.717) is 21.6 Å². The minimum atomic E-state index is -0.634. The second-order valence-corrected chi connectivity index (χ2v) is 7.93. The predicted molar refractivity (Wildman–Crippen MR) is 106 cm³/mol. The van der Waals surface area contributed by atoms with Crippen LogP contribution in [0.15, 0.2) is 30.5 Å². The van der Waals surface area contributed by atoms with E-state index in [2.05, 4.69) is 21.8 Å². The Kier molecular flexibility index (Phi) is 4.88. The maximum atomic E-state index is 10.6. The molecule has 0 amide bonds. The number of nitrogens with one attached hydrogen (secondary N) is 1. The monoisotopic (exact) mass is 409 g/mol. The number of aromatic amines is 1. The van der Waals surface area contributed by atoms with Crippen LogP contribution in [-0.2, 0) is 6.42 Å². The lowest BCUT2D eigenvalue weighted by atomic mass is 9.97. The molecule has 2 aromatic heterocycles. The van der Waals surface area contributed by atoms with Gasteiger partial charge in [-0.3, -0.25) is 4.90 Å². The molecule has 0 bridgehead atoms. The van der Waals surface area contributed by atoms with Crippen LogP contribution >= 0.6 is 34.8 Å². The highest BCUT2D eigenvalue weighted by Gasteiger charge is 2.29. The zero-order valence-corrected chi connectivity index (χ0v) is 16.4. The van der Waals surface area contributed by atoms with Crippen molar-refractivity contribution in [3.05, 3.63) is 62.4 Å². The second kappa shape index (κ2) is 7.02. The molecule has 4 rings (SSSR count). The minimum absolute atomic E-state index is 0.143. The van der Waals surface area contributed by atoms with E-state index >= 15 is 0 Å². The largest absolute Gasteiger partial charge is 0.387 e. The van der Waals surface area contributed by atoms with E-state index in [1.54, 1.807) is 18.3 Å². The van der Waals surface area contributed by atoms with Crippen molar-refractivity contribution in [2.45, 2.75) is 25.5 Å². The van der Waals surface area contributed by atoms with Crippen LogP contribution in [-0.4, -0.2) is 33.1 Å². The van der Waals surface area contributed by atoms with Crippen LogP contribution in [0.2, 0.25) is 15.1 Å². The van der Waals surface area contributed by atoms with Crippen molar-refractivity contribution in [1.82, 2.24) is 14.9 Å². The van der Waals surface area contributed by atoms with Gasteiger partial charge in [0, 0.05) is 36.4 Å². The number of rotatable bonds is 3. The molecule has 3 heterocycles. The number of aliphatic hydroxyl groups is 1. The van der Waals surface area contributed by atoms with Gasteiger partial charge in [-0.1, -0.05) is 40.9 Å². The zero-order chi connectivity index (χ0) is 18.4. The molecule has 3 aromatic rings. The van der Waals surface area contributed by atoms with Crippen molar-refractivity contribution in [2.24, 2.45) is 0 Å². The highest BCUT2D eigenvalue weighted by atomic mass is 35.5. The number of hydrogen-bond acceptors (Lipinski definition) is 3. The summed E-state index contributed by atoms with van der Waals surface area (Å²) in [6.45, 7) is 3.50. The lowest BCUT2D eigenvalue weighted by Crippen LogP contribution is -2.36. The Morgan fingerprint density at radius 1 is 1.27 bits per heavy atom. The number of aromatic nitrogens is 2. The van der Waals surface area contributed by atoms with E-state index in [1.165, 1.54) is 5.56 Å². The molecule has 136 valence electrons. The fourth-order valence-electron chi connectivity index (χ4n) is 3.67. The fraction of sp³-hybridized carbons (Fsp3) is 0.316. The Balaban J connectivity index is 1.58. The van der Waals surface area contributed by atoms with E-state index in [-0.39, 0.29) is 6.04 Å². The van der Waals surface area contributed by atoms with E-state index < -0.39 is 6.10 Å². The lowest BCUT2D eigenvalue weighted by Gasteiger charge is -2.35. The van der Waals surface area contributed by atoms with Crippen molar-refractivity contribution in [1.29, 1.82) is 0 Å². The highest BCUT2D eigenvalue weighted by Crippen LogP contribution is 2.35. The lowest BCUT2D eigenvalue weighted by molar-refractivity contribution is 0.0856. The Bertz CT molecular complexity index is 972. The summed E-state index contributed by atoms with van der Waals surface area (Å²) in [6.07, 6.45) is 1.91. The molecule has 26 heavy (non-hydrogen) atoms. The first-order valence-electron chi connectivity index (χ1n) is 8.47. The summed E-state index contributed by atoms with van der Waals surface area (Å²) in [5.74, 6) is 0. The van der Waals surface area contributed by atoms with Crippen LogP contribution in [0.1, 0.15) is 35.9 Å². The Labute approximate surface area is 166 Å². The summed E-state index contributed by atoms with van der Waals surface area (Å²) in [5.41, 5.74) is 4.03. The molecule has 0 saturated heterocycles. The first kappa shape index (κ1) is 18.1. The third-order valence-electron chi connectivity index (χ3n) is 5.11. The SMILES string of the molecule is CC1c2[nH]c3ncc(Cl)cc3c2CCN1CC(O)c1ccc(Cl)c(Cl)c1. The molecule has 2 N–H and O–H groups in total. The summed E-state index contributed by atoms with van der Waals surface area (Å²) >= 11 is 18.1. The summed E-state index contributed by atoms with van der Waals surface area (Å²) in [6, 6.07) is 7.36. The van der Waals surface area contributed by atoms with Gasteiger partial charge in [0.2, 0.25) is 0 Å². The molecule has 0 radical (unpaired) electrons. The van der Waals surface area contributed by atoms with Crippen LogP contribution in [0.4, 0.5) is 0 Å². The standard InChI is InChI=1S/C19H18Cl3N3O/c1-10-18-13(14-7-12(20)8-23-19(14)24-18)4-5-25(10)9-17(26)11-2-3-15(21)16(22)6-11/h2-3,6-8,10,17,26H,4-5,9H2,1H3,(H,23,24). The summed E-state index contributed by atoms with van der Waals surface area (Å²) in [7, 11) is 0. The molecule has 7 heteroatoms. The van der Waals surface area contributed by atoms with Crippen LogP contribution in [0.25, 0.3) is 11.0 Å². The number of aliphatic hydroxyl groups excluding tert-OH is 1. The molecule has 2 atom stereocenters. The second-order valence-electron chi connectivity index (χ2n) is 6.68. The van der Waals surface area contributed by atoms with Gasteiger partial charge in [-0.2, -0.15) is 0 Å². The third-order valence-corrected chi connectivity index (χ3v) is 6.05. The van der Waals surface area contributed by atoms with Gasteiger partial charge in [0.15, 0.2) is 0 Å². The number of halogens is 3. The molecule has 0 fully saturated rings. The van der Waals surface area contributed by atoms with Crippen molar-refractivity contribution >= 4 is 45.8 Å². The van der Waals surface area contributed by atoms with Crippen molar-refractivity contribution < 1.29 is 5.11 Å². The van der Waals surface area contributed by atoms with Crippen LogP contribution in [0.5, 0.6) is 0 Å². The Morgan fingerprint density at radius 3 is 2.85 bits per heavy atom. The number of nitrogens with zero attached hydrogens (tertiary/aromatic N) is 2. The van der Waals surface area contributed by atoms with Crippen molar-refractivity contribution in [3.8, 4) is 0 Å². The summed E-state index contributed by atoms with van der Waals surface area (Å²) < 4.78 is 0. The minimum Gasteiger partial charge on any atom is -0.387 e. The fourth-order valence-corrected chi connectivity index (χ4v) is 4.14. The maximum Gasteiger partial charge on any atom is 0.137 e. The zero-order valence-electron chi connectivity index (χ0n) is 14.1. The topological polar surface area (TPSA) is 52.2 Å². The predicted octanol–water partition coefficient (Wildman–Crippen LogP) is 5.18. The number of hydrogen-bond donors (Lipinski definition) is 2. The number of H-pyrrole nitrogens is 1. The van der Waals surface area contributed by atoms with E-state index in [0.717, 1.165) is 35.3 Å². The van der Waals surface area contributed by atoms with Gasteiger partial charge in [-0.05, 0) is 42.7 Å². The van der Waals surface area contributed by atoms with E-state index in [1.807, 2.05) is 12.1 Å². The molecule has 0 aliphatic carbocycles. The van der Waals surface area contributed by atoms with Gasteiger partial charge >= 0.3 is 0 Å². The Morgan fingerprint density at radius 2 is 2.08 bits per heavy atom. The summed E-state index contributed by atoms with van der Waals surface area (Å²) in [4.78, 5) is 10.1. The number of β-amino-alcohol motifs (C(OH)–C–C–N with tert-alkyl or cyclic N) is 1. The molecular weight excluding hydrogens is 393 g/mol. The van der Waals surface area contributed by atoms with Gasteiger partial charge in [0.1, 0.15) is 5.65 Å². The average Bonchev–Trinajstić information content (AvgIpc) is 2.98. The van der Waals surface area contributed by atoms with Crippen LogP contribution < -0.4 is 0 Å². The van der Waals surface area contributed by atoms with Gasteiger partial charge in [-0.15, -0.1) is 0 Å². The first-order valence-corrected chi connectivity index (χ1v) is 9.60. The number of fused-ring (bicyclic) bond motifs is 3. The van der Waals surface area contributed by atoms with Gasteiger partial charge in [0.05, 0.1) is 21.2 Å². The number of benzene rings is 1. The molecular formula is C19H18Cl3N3O. The van der Waals surface area contributed by atoms with Gasteiger partial charge in [0.25, 0.3) is 0 Å². The molecule has 1 aliphatic heterocycles. The molecule has 1 aromatic carbocycles. The quantitative estimate of drug-likeness (QED) is 0.626. The van der Waals surface area contributed by atoms with E-state index in [9.17, 15) is 5.11 Å². The number of pyridine rings is 1. The molecule has 2 unspecified atom stereocenters. The first-order chi connectivity index (χ1) is 12.4. The van der Waals surface area contributed by atoms with Crippen LogP contribution in [0, 0.1) is 0 Å². The van der Waals surface area contributed by atoms with Gasteiger partial charge < -0.3 is 10.1 Å². The third kappa shape index (κ3) is 3.21. The van der Waals surface area contributed by atoms with Crippen molar-refractivity contribution in [2.75, 3.05) is 13.1 Å². The molecule has 4 nitrogen and oxygen atoms in total. The highest BCUT2D eigenvalue weighted by molar-refractivity contribution is 6.42. The molecule has 0 saturated carbocycles. The average molecular weight is 411 g/mol. The van der Waals surface area contributed by atoms with Crippen LogP contribution in [0.3, 0.4) is 0 Å².